The second-order valence-electron chi connectivity index (χ2n) is 4.42. The van der Waals surface area contributed by atoms with Gasteiger partial charge in [-0.05, 0) is 54.5 Å². The fourth-order valence-corrected chi connectivity index (χ4v) is 2.52. The van der Waals surface area contributed by atoms with Crippen molar-refractivity contribution in [2.75, 3.05) is 13.7 Å². The monoisotopic (exact) mass is 205 g/mol. The highest BCUT2D eigenvalue weighted by Gasteiger charge is 2.25. The van der Waals surface area contributed by atoms with Crippen LogP contribution in [0.3, 0.4) is 0 Å². The molecule has 2 unspecified atom stereocenters. The predicted molar refractivity (Wildman–Crippen MR) is 62.3 cm³/mol. The molecule has 1 aliphatic rings. The third-order valence-corrected chi connectivity index (χ3v) is 3.56. The molecule has 0 heterocycles. The van der Waals surface area contributed by atoms with Crippen molar-refractivity contribution in [1.29, 1.82) is 0 Å². The van der Waals surface area contributed by atoms with Gasteiger partial charge in [-0.15, -0.1) is 0 Å². The van der Waals surface area contributed by atoms with E-state index in [9.17, 15) is 0 Å². The molecule has 0 saturated heterocycles. The van der Waals surface area contributed by atoms with E-state index in [1.54, 1.807) is 7.11 Å². The molecule has 2 N–H and O–H groups in total. The molecule has 2 heteroatoms. The average Bonchev–Trinajstić information content (AvgIpc) is 2.28. The maximum absolute atomic E-state index is 5.86. The normalized spacial score (nSPS) is 24.7. The molecular weight excluding hydrogens is 186 g/mol. The first-order valence-corrected chi connectivity index (χ1v) is 5.63. The summed E-state index contributed by atoms with van der Waals surface area (Å²) in [6, 6.07) is 6.38. The first-order chi connectivity index (χ1) is 7.26. The number of methoxy groups -OCH3 is 1. The van der Waals surface area contributed by atoms with Crippen LogP contribution in [0.4, 0.5) is 0 Å². The molecule has 82 valence electrons. The quantitative estimate of drug-likeness (QED) is 0.804. The molecule has 0 aromatic heterocycles. The Morgan fingerprint density at radius 3 is 2.93 bits per heavy atom. The van der Waals surface area contributed by atoms with Crippen LogP contribution in [0.5, 0.6) is 5.75 Å². The van der Waals surface area contributed by atoms with Crippen LogP contribution < -0.4 is 10.5 Å². The van der Waals surface area contributed by atoms with E-state index in [-0.39, 0.29) is 0 Å². The molecule has 1 aromatic carbocycles. The molecule has 2 nitrogen and oxygen atoms in total. The number of nitrogens with two attached hydrogens (primary N) is 1. The van der Waals surface area contributed by atoms with Crippen molar-refractivity contribution in [3.63, 3.8) is 0 Å². The van der Waals surface area contributed by atoms with Gasteiger partial charge in [-0.2, -0.15) is 0 Å². The van der Waals surface area contributed by atoms with Crippen LogP contribution in [0.1, 0.15) is 30.4 Å². The number of aryl methyl sites for hydroxylation is 1. The Balaban J connectivity index is 2.41. The second kappa shape index (κ2) is 4.23. The van der Waals surface area contributed by atoms with E-state index < -0.39 is 0 Å². The standard InChI is InChI=1S/C13H19NO/c1-9-3-4-10-5-6-11(15-2)7-12(10)13(9)8-14/h5-7,9,13H,3-4,8,14H2,1-2H3. The zero-order chi connectivity index (χ0) is 10.8. The van der Waals surface area contributed by atoms with Crippen molar-refractivity contribution >= 4 is 0 Å². The zero-order valence-electron chi connectivity index (χ0n) is 9.49. The highest BCUT2D eigenvalue weighted by Crippen LogP contribution is 2.36. The van der Waals surface area contributed by atoms with Crippen LogP contribution in [-0.2, 0) is 6.42 Å². The Kier molecular flexibility index (Phi) is 2.96. The highest BCUT2D eigenvalue weighted by molar-refractivity contribution is 5.40. The van der Waals surface area contributed by atoms with Crippen LogP contribution in [0.25, 0.3) is 0 Å². The molecule has 2 rings (SSSR count). The van der Waals surface area contributed by atoms with Gasteiger partial charge in [0.05, 0.1) is 7.11 Å². The largest absolute Gasteiger partial charge is 0.497 e. The summed E-state index contributed by atoms with van der Waals surface area (Å²) >= 11 is 0. The van der Waals surface area contributed by atoms with Gasteiger partial charge in [0.25, 0.3) is 0 Å². The summed E-state index contributed by atoms with van der Waals surface area (Å²) in [5.74, 6) is 2.14. The lowest BCUT2D eigenvalue weighted by molar-refractivity contribution is 0.395. The number of hydrogen-bond acceptors (Lipinski definition) is 2. The first kappa shape index (κ1) is 10.5. The summed E-state index contributed by atoms with van der Waals surface area (Å²) in [7, 11) is 1.71. The minimum atomic E-state index is 0.504. The SMILES string of the molecule is COc1ccc2c(c1)C(CN)C(C)CC2. The number of ether oxygens (including phenoxy) is 1. The fraction of sp³-hybridized carbons (Fsp3) is 0.538. The van der Waals surface area contributed by atoms with E-state index in [1.807, 2.05) is 6.07 Å². The lowest BCUT2D eigenvalue weighted by atomic mass is 9.76. The third kappa shape index (κ3) is 1.86. The summed E-state index contributed by atoms with van der Waals surface area (Å²) in [6.45, 7) is 3.03. The molecule has 0 saturated carbocycles. The van der Waals surface area contributed by atoms with Crippen molar-refractivity contribution in [2.24, 2.45) is 11.7 Å². The Labute approximate surface area is 91.4 Å². The minimum absolute atomic E-state index is 0.504. The van der Waals surface area contributed by atoms with Crippen LogP contribution in [0, 0.1) is 5.92 Å². The molecule has 0 spiro atoms. The molecule has 0 radical (unpaired) electrons. The minimum Gasteiger partial charge on any atom is -0.497 e. The number of benzene rings is 1. The Morgan fingerprint density at radius 2 is 2.27 bits per heavy atom. The van der Waals surface area contributed by atoms with Gasteiger partial charge >= 0.3 is 0 Å². The van der Waals surface area contributed by atoms with Gasteiger partial charge in [0.1, 0.15) is 5.75 Å². The lowest BCUT2D eigenvalue weighted by Gasteiger charge is -2.30. The Bertz CT molecular complexity index is 348. The van der Waals surface area contributed by atoms with Crippen LogP contribution in [0.2, 0.25) is 0 Å². The summed E-state index contributed by atoms with van der Waals surface area (Å²) in [4.78, 5) is 0. The van der Waals surface area contributed by atoms with E-state index in [2.05, 4.69) is 19.1 Å². The first-order valence-electron chi connectivity index (χ1n) is 5.63. The summed E-state index contributed by atoms with van der Waals surface area (Å²) in [5.41, 5.74) is 8.71. The summed E-state index contributed by atoms with van der Waals surface area (Å²) in [5, 5.41) is 0. The van der Waals surface area contributed by atoms with Gasteiger partial charge < -0.3 is 10.5 Å². The molecule has 0 fully saturated rings. The summed E-state index contributed by atoms with van der Waals surface area (Å²) < 4.78 is 5.27. The van der Waals surface area contributed by atoms with Crippen molar-refractivity contribution < 1.29 is 4.74 Å². The van der Waals surface area contributed by atoms with E-state index in [0.717, 1.165) is 12.3 Å². The summed E-state index contributed by atoms with van der Waals surface area (Å²) in [6.07, 6.45) is 2.43. The van der Waals surface area contributed by atoms with Crippen molar-refractivity contribution in [3.05, 3.63) is 29.3 Å². The third-order valence-electron chi connectivity index (χ3n) is 3.56. The molecule has 1 aromatic rings. The van der Waals surface area contributed by atoms with Crippen LogP contribution in [-0.4, -0.2) is 13.7 Å². The molecule has 15 heavy (non-hydrogen) atoms. The van der Waals surface area contributed by atoms with E-state index in [1.165, 1.54) is 24.0 Å². The number of fused-ring (bicyclic) bond motifs is 1. The molecule has 2 atom stereocenters. The van der Waals surface area contributed by atoms with Crippen molar-refractivity contribution in [2.45, 2.75) is 25.7 Å². The number of hydrogen-bond donors (Lipinski definition) is 1. The van der Waals surface area contributed by atoms with E-state index in [0.29, 0.717) is 11.8 Å². The van der Waals surface area contributed by atoms with Gasteiger partial charge in [-0.1, -0.05) is 13.0 Å². The van der Waals surface area contributed by atoms with Crippen molar-refractivity contribution in [3.8, 4) is 5.75 Å². The second-order valence-corrected chi connectivity index (χ2v) is 4.42. The molecule has 0 aliphatic heterocycles. The maximum Gasteiger partial charge on any atom is 0.119 e. The fourth-order valence-electron chi connectivity index (χ4n) is 2.52. The van der Waals surface area contributed by atoms with Gasteiger partial charge in [0, 0.05) is 0 Å². The molecule has 0 amide bonds. The van der Waals surface area contributed by atoms with E-state index >= 15 is 0 Å². The number of rotatable bonds is 2. The highest BCUT2D eigenvalue weighted by atomic mass is 16.5. The maximum atomic E-state index is 5.86. The van der Waals surface area contributed by atoms with E-state index in [4.69, 9.17) is 10.5 Å². The average molecular weight is 205 g/mol. The van der Waals surface area contributed by atoms with Gasteiger partial charge in [-0.3, -0.25) is 0 Å². The Morgan fingerprint density at radius 1 is 1.47 bits per heavy atom. The van der Waals surface area contributed by atoms with Gasteiger partial charge in [0.2, 0.25) is 0 Å². The molecule has 1 aliphatic carbocycles. The lowest BCUT2D eigenvalue weighted by Crippen LogP contribution is -2.25. The van der Waals surface area contributed by atoms with Crippen LogP contribution >= 0.6 is 0 Å². The smallest absolute Gasteiger partial charge is 0.119 e. The van der Waals surface area contributed by atoms with Crippen LogP contribution in [0.15, 0.2) is 18.2 Å². The van der Waals surface area contributed by atoms with Gasteiger partial charge in [0.15, 0.2) is 0 Å². The van der Waals surface area contributed by atoms with Gasteiger partial charge in [-0.25, -0.2) is 0 Å². The molecule has 0 bridgehead atoms. The molecular formula is C13H19NO. The Hall–Kier alpha value is -1.02. The van der Waals surface area contributed by atoms with Crippen molar-refractivity contribution in [1.82, 2.24) is 0 Å². The predicted octanol–water partition coefficient (Wildman–Crippen LogP) is 2.32. The topological polar surface area (TPSA) is 35.2 Å². The zero-order valence-corrected chi connectivity index (χ0v) is 9.49.